The van der Waals surface area contributed by atoms with E-state index in [2.05, 4.69) is 5.32 Å². The van der Waals surface area contributed by atoms with Crippen molar-refractivity contribution in [1.82, 2.24) is 0 Å². The quantitative estimate of drug-likeness (QED) is 0.705. The Morgan fingerprint density at radius 1 is 1.13 bits per heavy atom. The van der Waals surface area contributed by atoms with Crippen LogP contribution < -0.4 is 24.4 Å². The van der Waals surface area contributed by atoms with Crippen molar-refractivity contribution in [1.29, 1.82) is 0 Å². The van der Waals surface area contributed by atoms with Crippen LogP contribution in [0, 0.1) is 5.92 Å². The van der Waals surface area contributed by atoms with Gasteiger partial charge in [0, 0.05) is 24.7 Å². The van der Waals surface area contributed by atoms with Crippen LogP contribution in [-0.4, -0.2) is 51.3 Å². The molecule has 1 fully saturated rings. The Bertz CT molecular complexity index is 1010. The molecule has 9 nitrogen and oxygen atoms in total. The molecule has 2 amide bonds. The fraction of sp³-hybridized carbons (Fsp3) is 0.318. The first kappa shape index (κ1) is 20.5. The molecule has 0 aliphatic carbocycles. The van der Waals surface area contributed by atoms with Crippen molar-refractivity contribution in [2.24, 2.45) is 5.92 Å². The standard InChI is InChI=1S/C22H22N2O7/c1-28-17-5-3-2-4-16(17)23-20(25)13-31-22(27)14-10-21(26)24(12-14)15-6-7-18-19(11-15)30-9-8-29-18/h2-7,11,14H,8-10,12-13H2,1H3,(H,23,25)/t14-/m0/s1. The van der Waals surface area contributed by atoms with Gasteiger partial charge in [-0.15, -0.1) is 0 Å². The molecule has 162 valence electrons. The van der Waals surface area contributed by atoms with Gasteiger partial charge >= 0.3 is 5.97 Å². The molecule has 2 aliphatic heterocycles. The number of fused-ring (bicyclic) bond motifs is 1. The first-order chi connectivity index (χ1) is 15.0. The number of nitrogens with zero attached hydrogens (tertiary/aromatic N) is 1. The normalized spacial score (nSPS) is 17.3. The minimum atomic E-state index is -0.653. The van der Waals surface area contributed by atoms with Crippen LogP contribution >= 0.6 is 0 Å². The fourth-order valence-electron chi connectivity index (χ4n) is 3.50. The molecule has 0 spiro atoms. The van der Waals surface area contributed by atoms with E-state index in [-0.39, 0.29) is 18.9 Å². The van der Waals surface area contributed by atoms with Gasteiger partial charge < -0.3 is 29.2 Å². The zero-order valence-corrected chi connectivity index (χ0v) is 17.0. The van der Waals surface area contributed by atoms with Gasteiger partial charge in [0.2, 0.25) is 5.91 Å². The lowest BCUT2D eigenvalue weighted by atomic mass is 10.1. The van der Waals surface area contributed by atoms with Crippen LogP contribution in [0.15, 0.2) is 42.5 Å². The van der Waals surface area contributed by atoms with Gasteiger partial charge in [-0.2, -0.15) is 0 Å². The van der Waals surface area contributed by atoms with Gasteiger partial charge in [-0.25, -0.2) is 0 Å². The zero-order chi connectivity index (χ0) is 21.8. The van der Waals surface area contributed by atoms with E-state index < -0.39 is 24.4 Å². The number of hydrogen-bond acceptors (Lipinski definition) is 7. The lowest BCUT2D eigenvalue weighted by Gasteiger charge is -2.22. The van der Waals surface area contributed by atoms with Gasteiger partial charge in [-0.1, -0.05) is 12.1 Å². The highest BCUT2D eigenvalue weighted by molar-refractivity contribution is 6.00. The predicted octanol–water partition coefficient (Wildman–Crippen LogP) is 2.00. The number of carbonyl (C=O) groups is 3. The first-order valence-corrected chi connectivity index (χ1v) is 9.84. The number of nitrogens with one attached hydrogen (secondary N) is 1. The lowest BCUT2D eigenvalue weighted by molar-refractivity contribution is -0.151. The average molecular weight is 426 g/mol. The molecule has 0 bridgehead atoms. The molecule has 1 atom stereocenters. The van der Waals surface area contributed by atoms with Crippen molar-refractivity contribution >= 4 is 29.2 Å². The molecule has 0 saturated carbocycles. The van der Waals surface area contributed by atoms with E-state index in [1.807, 2.05) is 0 Å². The number of hydrogen-bond donors (Lipinski definition) is 1. The Labute approximate surface area is 178 Å². The van der Waals surface area contributed by atoms with E-state index in [0.717, 1.165) is 0 Å². The summed E-state index contributed by atoms with van der Waals surface area (Å²) < 4.78 is 21.4. The third-order valence-electron chi connectivity index (χ3n) is 5.02. The SMILES string of the molecule is COc1ccccc1NC(=O)COC(=O)[C@H]1CC(=O)N(c2ccc3c(c2)OCCO3)C1. The summed E-state index contributed by atoms with van der Waals surface area (Å²) in [6.45, 7) is 0.640. The molecule has 2 aromatic rings. The van der Waals surface area contributed by atoms with Crippen LogP contribution in [0.3, 0.4) is 0 Å². The molecule has 31 heavy (non-hydrogen) atoms. The van der Waals surface area contributed by atoms with E-state index in [4.69, 9.17) is 18.9 Å². The smallest absolute Gasteiger partial charge is 0.311 e. The number of carbonyl (C=O) groups excluding carboxylic acids is 3. The molecule has 4 rings (SSSR count). The van der Waals surface area contributed by atoms with Gasteiger partial charge in [0.05, 0.1) is 18.7 Å². The van der Waals surface area contributed by atoms with Crippen LogP contribution in [-0.2, 0) is 19.1 Å². The molecule has 0 aromatic heterocycles. The van der Waals surface area contributed by atoms with Gasteiger partial charge in [-0.3, -0.25) is 14.4 Å². The number of amides is 2. The van der Waals surface area contributed by atoms with Crippen LogP contribution in [0.4, 0.5) is 11.4 Å². The largest absolute Gasteiger partial charge is 0.495 e. The van der Waals surface area contributed by atoms with Gasteiger partial charge in [0.1, 0.15) is 19.0 Å². The maximum Gasteiger partial charge on any atom is 0.311 e. The maximum atomic E-state index is 12.5. The summed E-state index contributed by atoms with van der Waals surface area (Å²) in [7, 11) is 1.50. The topological polar surface area (TPSA) is 103 Å². The molecule has 1 N–H and O–H groups in total. The summed E-state index contributed by atoms with van der Waals surface area (Å²) in [6, 6.07) is 12.1. The van der Waals surface area contributed by atoms with Crippen LogP contribution in [0.1, 0.15) is 6.42 Å². The van der Waals surface area contributed by atoms with E-state index in [1.54, 1.807) is 42.5 Å². The van der Waals surface area contributed by atoms with Gasteiger partial charge in [0.15, 0.2) is 18.1 Å². The zero-order valence-electron chi connectivity index (χ0n) is 17.0. The van der Waals surface area contributed by atoms with Crippen molar-refractivity contribution in [2.75, 3.05) is 43.7 Å². The molecular formula is C22H22N2O7. The van der Waals surface area contributed by atoms with Crippen LogP contribution in [0.2, 0.25) is 0 Å². The third-order valence-corrected chi connectivity index (χ3v) is 5.02. The average Bonchev–Trinajstić information content (AvgIpc) is 3.19. The summed E-state index contributed by atoms with van der Waals surface area (Å²) >= 11 is 0. The van der Waals surface area contributed by atoms with E-state index >= 15 is 0 Å². The molecule has 2 heterocycles. The van der Waals surface area contributed by atoms with Crippen LogP contribution in [0.25, 0.3) is 0 Å². The summed E-state index contributed by atoms with van der Waals surface area (Å²) in [5.74, 6) is -0.251. The van der Waals surface area contributed by atoms with Crippen molar-refractivity contribution in [3.63, 3.8) is 0 Å². The number of ether oxygens (including phenoxy) is 4. The number of methoxy groups -OCH3 is 1. The van der Waals surface area contributed by atoms with Crippen molar-refractivity contribution in [2.45, 2.75) is 6.42 Å². The van der Waals surface area contributed by atoms with E-state index in [1.165, 1.54) is 12.0 Å². The number of benzene rings is 2. The second kappa shape index (κ2) is 8.95. The number of rotatable bonds is 6. The maximum absolute atomic E-state index is 12.5. The number of esters is 1. The highest BCUT2D eigenvalue weighted by Gasteiger charge is 2.36. The molecule has 9 heteroatoms. The lowest BCUT2D eigenvalue weighted by Crippen LogP contribution is -2.28. The monoisotopic (exact) mass is 426 g/mol. The molecule has 0 unspecified atom stereocenters. The molecule has 0 radical (unpaired) electrons. The second-order valence-electron chi connectivity index (χ2n) is 7.09. The van der Waals surface area contributed by atoms with Crippen molar-refractivity contribution < 1.29 is 33.3 Å². The Kier molecular flexibility index (Phi) is 5.92. The minimum Gasteiger partial charge on any atom is -0.495 e. The summed E-state index contributed by atoms with van der Waals surface area (Å²) in [4.78, 5) is 38.5. The highest BCUT2D eigenvalue weighted by Crippen LogP contribution is 2.36. The number of para-hydroxylation sites is 2. The number of anilines is 2. The summed E-state index contributed by atoms with van der Waals surface area (Å²) in [5.41, 5.74) is 1.10. The Morgan fingerprint density at radius 2 is 1.90 bits per heavy atom. The third kappa shape index (κ3) is 4.55. The minimum absolute atomic E-state index is 0.0153. The second-order valence-corrected chi connectivity index (χ2v) is 7.09. The fourth-order valence-corrected chi connectivity index (χ4v) is 3.50. The molecule has 1 saturated heterocycles. The Hall–Kier alpha value is -3.75. The van der Waals surface area contributed by atoms with E-state index in [9.17, 15) is 14.4 Å². The van der Waals surface area contributed by atoms with Gasteiger partial charge in [-0.05, 0) is 24.3 Å². The Balaban J connectivity index is 1.32. The van der Waals surface area contributed by atoms with Crippen molar-refractivity contribution in [3.05, 3.63) is 42.5 Å². The molecule has 2 aliphatic rings. The predicted molar refractivity (Wildman–Crippen MR) is 110 cm³/mol. The summed E-state index contributed by atoms with van der Waals surface area (Å²) in [5, 5.41) is 2.64. The summed E-state index contributed by atoms with van der Waals surface area (Å²) in [6.07, 6.45) is 0.0153. The van der Waals surface area contributed by atoms with Crippen LogP contribution in [0.5, 0.6) is 17.2 Å². The van der Waals surface area contributed by atoms with Gasteiger partial charge in [0.25, 0.3) is 5.91 Å². The van der Waals surface area contributed by atoms with Crippen molar-refractivity contribution in [3.8, 4) is 17.2 Å². The molecule has 2 aromatic carbocycles. The Morgan fingerprint density at radius 3 is 2.71 bits per heavy atom. The highest BCUT2D eigenvalue weighted by atomic mass is 16.6. The first-order valence-electron chi connectivity index (χ1n) is 9.84. The van der Waals surface area contributed by atoms with E-state index in [0.29, 0.717) is 41.8 Å². The molecular weight excluding hydrogens is 404 g/mol.